The predicted octanol–water partition coefficient (Wildman–Crippen LogP) is 3.79. The highest BCUT2D eigenvalue weighted by molar-refractivity contribution is 9.10. The third-order valence-corrected chi connectivity index (χ3v) is 5.68. The van der Waals surface area contributed by atoms with E-state index in [1.807, 2.05) is 0 Å². The molecule has 0 amide bonds. The average Bonchev–Trinajstić information content (AvgIpc) is 2.75. The smallest absolute Gasteiger partial charge is 0.0766 e. The molecule has 20 heavy (non-hydrogen) atoms. The van der Waals surface area contributed by atoms with Crippen LogP contribution in [0.25, 0.3) is 0 Å². The van der Waals surface area contributed by atoms with Gasteiger partial charge in [0, 0.05) is 12.6 Å². The summed E-state index contributed by atoms with van der Waals surface area (Å²) in [5, 5.41) is 8.26. The summed E-state index contributed by atoms with van der Waals surface area (Å²) in [6.45, 7) is 7.71. The molecule has 0 aromatic carbocycles. The summed E-state index contributed by atoms with van der Waals surface area (Å²) < 4.78 is 3.43. The molecule has 1 aliphatic rings. The number of nitrogens with one attached hydrogen (secondary N) is 1. The third-order valence-electron chi connectivity index (χ3n) is 4.77. The van der Waals surface area contributed by atoms with Crippen molar-refractivity contribution in [3.8, 4) is 0 Å². The van der Waals surface area contributed by atoms with Crippen LogP contribution in [0.15, 0.2) is 4.47 Å². The van der Waals surface area contributed by atoms with E-state index < -0.39 is 0 Å². The number of hydrogen-bond donors (Lipinski definition) is 1. The molecule has 1 N–H and O–H groups in total. The fourth-order valence-electron chi connectivity index (χ4n) is 3.56. The molecule has 3 nitrogen and oxygen atoms in total. The van der Waals surface area contributed by atoms with Crippen LogP contribution in [0.1, 0.15) is 51.4 Å². The van der Waals surface area contributed by atoms with Gasteiger partial charge in [0.2, 0.25) is 0 Å². The van der Waals surface area contributed by atoms with Crippen LogP contribution in [-0.4, -0.2) is 22.9 Å². The zero-order chi connectivity index (χ0) is 14.7. The average molecular weight is 342 g/mol. The van der Waals surface area contributed by atoms with Gasteiger partial charge in [0.15, 0.2) is 0 Å². The number of halogens is 1. The van der Waals surface area contributed by atoms with E-state index in [0.717, 1.165) is 31.2 Å². The van der Waals surface area contributed by atoms with Crippen LogP contribution in [0.4, 0.5) is 0 Å². The van der Waals surface area contributed by atoms with E-state index in [0.29, 0.717) is 6.04 Å². The Morgan fingerprint density at radius 1 is 1.35 bits per heavy atom. The van der Waals surface area contributed by atoms with Gasteiger partial charge in [-0.05, 0) is 73.8 Å². The van der Waals surface area contributed by atoms with Crippen molar-refractivity contribution >= 4 is 15.9 Å². The van der Waals surface area contributed by atoms with Gasteiger partial charge < -0.3 is 5.32 Å². The lowest BCUT2D eigenvalue weighted by Crippen LogP contribution is -2.39. The van der Waals surface area contributed by atoms with Gasteiger partial charge in [0.1, 0.15) is 0 Å². The van der Waals surface area contributed by atoms with Gasteiger partial charge in [0.05, 0.1) is 15.9 Å². The SMILES string of the molecule is CCc1nn(CC)c(CC2CC(C)CCC2NC)c1Br. The number of aryl methyl sites for hydroxylation is 2. The summed E-state index contributed by atoms with van der Waals surface area (Å²) in [5.41, 5.74) is 2.59. The third kappa shape index (κ3) is 3.28. The lowest BCUT2D eigenvalue weighted by atomic mass is 9.76. The molecule has 1 saturated carbocycles. The molecule has 1 aliphatic carbocycles. The zero-order valence-electron chi connectivity index (χ0n) is 13.2. The van der Waals surface area contributed by atoms with Crippen molar-refractivity contribution in [2.45, 2.75) is 65.5 Å². The van der Waals surface area contributed by atoms with Crippen LogP contribution >= 0.6 is 15.9 Å². The second-order valence-electron chi connectivity index (χ2n) is 6.15. The molecule has 1 aromatic rings. The first-order chi connectivity index (χ1) is 9.60. The monoisotopic (exact) mass is 341 g/mol. The summed E-state index contributed by atoms with van der Waals surface area (Å²) in [4.78, 5) is 0. The zero-order valence-corrected chi connectivity index (χ0v) is 14.8. The second kappa shape index (κ2) is 7.08. The van der Waals surface area contributed by atoms with E-state index >= 15 is 0 Å². The van der Waals surface area contributed by atoms with E-state index in [2.05, 4.69) is 53.7 Å². The first-order valence-corrected chi connectivity index (χ1v) is 8.81. The first kappa shape index (κ1) is 16.0. The van der Waals surface area contributed by atoms with Crippen molar-refractivity contribution in [3.05, 3.63) is 15.9 Å². The normalized spacial score (nSPS) is 26.9. The molecule has 1 heterocycles. The molecular weight excluding hydrogens is 314 g/mol. The van der Waals surface area contributed by atoms with E-state index in [9.17, 15) is 0 Å². The van der Waals surface area contributed by atoms with Crippen LogP contribution in [0.3, 0.4) is 0 Å². The summed E-state index contributed by atoms with van der Waals surface area (Å²) in [6.07, 6.45) is 6.12. The predicted molar refractivity (Wildman–Crippen MR) is 88.0 cm³/mol. The van der Waals surface area contributed by atoms with Crippen LogP contribution in [-0.2, 0) is 19.4 Å². The van der Waals surface area contributed by atoms with Crippen molar-refractivity contribution in [3.63, 3.8) is 0 Å². The van der Waals surface area contributed by atoms with Crippen LogP contribution in [0, 0.1) is 11.8 Å². The minimum absolute atomic E-state index is 0.656. The van der Waals surface area contributed by atoms with Crippen molar-refractivity contribution in [1.82, 2.24) is 15.1 Å². The maximum absolute atomic E-state index is 4.73. The number of hydrogen-bond acceptors (Lipinski definition) is 2. The lowest BCUT2D eigenvalue weighted by molar-refractivity contribution is 0.217. The Morgan fingerprint density at radius 3 is 2.70 bits per heavy atom. The van der Waals surface area contributed by atoms with Crippen LogP contribution in [0.5, 0.6) is 0 Å². The fraction of sp³-hybridized carbons (Fsp3) is 0.812. The minimum Gasteiger partial charge on any atom is -0.317 e. The number of rotatable bonds is 5. The number of nitrogens with zero attached hydrogens (tertiary/aromatic N) is 2. The Hall–Kier alpha value is -0.350. The maximum Gasteiger partial charge on any atom is 0.0766 e. The molecule has 114 valence electrons. The van der Waals surface area contributed by atoms with Crippen molar-refractivity contribution < 1.29 is 0 Å². The Morgan fingerprint density at radius 2 is 2.10 bits per heavy atom. The number of aromatic nitrogens is 2. The summed E-state index contributed by atoms with van der Waals surface area (Å²) >= 11 is 3.78. The van der Waals surface area contributed by atoms with Gasteiger partial charge in [-0.2, -0.15) is 5.10 Å². The van der Waals surface area contributed by atoms with Crippen LogP contribution in [0.2, 0.25) is 0 Å². The van der Waals surface area contributed by atoms with E-state index in [-0.39, 0.29) is 0 Å². The molecule has 0 spiro atoms. The van der Waals surface area contributed by atoms with Gasteiger partial charge in [-0.25, -0.2) is 0 Å². The highest BCUT2D eigenvalue weighted by atomic mass is 79.9. The molecule has 0 radical (unpaired) electrons. The van der Waals surface area contributed by atoms with Gasteiger partial charge >= 0.3 is 0 Å². The van der Waals surface area contributed by atoms with Gasteiger partial charge in [0.25, 0.3) is 0 Å². The fourth-order valence-corrected chi connectivity index (χ4v) is 4.29. The van der Waals surface area contributed by atoms with E-state index in [1.54, 1.807) is 0 Å². The molecule has 3 atom stereocenters. The highest BCUT2D eigenvalue weighted by Crippen LogP contribution is 2.34. The van der Waals surface area contributed by atoms with Crippen molar-refractivity contribution in [2.75, 3.05) is 7.05 Å². The standard InChI is InChI=1S/C16H28BrN3/c1-5-13-16(17)15(20(6-2)19-13)10-12-9-11(3)7-8-14(12)18-4/h11-12,14,18H,5-10H2,1-4H3. The van der Waals surface area contributed by atoms with Crippen molar-refractivity contribution in [1.29, 1.82) is 0 Å². The highest BCUT2D eigenvalue weighted by Gasteiger charge is 2.29. The van der Waals surface area contributed by atoms with Crippen molar-refractivity contribution in [2.24, 2.45) is 11.8 Å². The molecule has 1 fully saturated rings. The molecular formula is C16H28BrN3. The molecule has 0 bridgehead atoms. The Labute approximate surface area is 131 Å². The quantitative estimate of drug-likeness (QED) is 0.882. The second-order valence-corrected chi connectivity index (χ2v) is 6.95. The summed E-state index contributed by atoms with van der Waals surface area (Å²) in [5.74, 6) is 1.58. The largest absolute Gasteiger partial charge is 0.317 e. The lowest BCUT2D eigenvalue weighted by Gasteiger charge is -2.35. The molecule has 4 heteroatoms. The van der Waals surface area contributed by atoms with Gasteiger partial charge in [-0.3, -0.25) is 4.68 Å². The summed E-state index contributed by atoms with van der Waals surface area (Å²) in [7, 11) is 2.11. The Bertz CT molecular complexity index is 441. The van der Waals surface area contributed by atoms with Gasteiger partial charge in [-0.1, -0.05) is 13.8 Å². The van der Waals surface area contributed by atoms with Crippen LogP contribution < -0.4 is 5.32 Å². The topological polar surface area (TPSA) is 29.9 Å². The Balaban J connectivity index is 2.21. The van der Waals surface area contributed by atoms with E-state index in [1.165, 1.54) is 35.1 Å². The Kier molecular flexibility index (Phi) is 5.67. The minimum atomic E-state index is 0.656. The molecule has 0 aliphatic heterocycles. The summed E-state index contributed by atoms with van der Waals surface area (Å²) in [6, 6.07) is 0.656. The maximum atomic E-state index is 4.73. The molecule has 3 unspecified atom stereocenters. The van der Waals surface area contributed by atoms with E-state index in [4.69, 9.17) is 5.10 Å². The first-order valence-electron chi connectivity index (χ1n) is 8.01. The van der Waals surface area contributed by atoms with Gasteiger partial charge in [-0.15, -0.1) is 0 Å². The molecule has 0 saturated heterocycles. The molecule has 1 aromatic heterocycles. The molecule has 2 rings (SSSR count).